The van der Waals surface area contributed by atoms with E-state index in [0.29, 0.717) is 21.4 Å². The first-order valence-electron chi connectivity index (χ1n) is 14.3. The third kappa shape index (κ3) is 10.7. The Labute approximate surface area is 302 Å². The Morgan fingerprint density at radius 2 is 0.894 bits per heavy atom. The second kappa shape index (κ2) is 18.1. The van der Waals surface area contributed by atoms with Gasteiger partial charge in [-0.3, -0.25) is 9.59 Å². The quantitative estimate of drug-likeness (QED) is 0.149. The minimum absolute atomic E-state index is 0.0392. The molecular formula is C36H30Cl2N2O4S2Sn. The van der Waals surface area contributed by atoms with Gasteiger partial charge >= 0.3 is 43.0 Å². The van der Waals surface area contributed by atoms with Crippen LogP contribution in [0.3, 0.4) is 0 Å². The number of aliphatic carboxylic acids is 2. The summed E-state index contributed by atoms with van der Waals surface area (Å²) in [5.41, 5.74) is 5.14. The number of thiazole rings is 2. The summed E-state index contributed by atoms with van der Waals surface area (Å²) in [6.07, 6.45) is -0.0785. The van der Waals surface area contributed by atoms with Crippen LogP contribution in [0.2, 0.25) is 19.9 Å². The van der Waals surface area contributed by atoms with Crippen LogP contribution in [0.15, 0.2) is 109 Å². The van der Waals surface area contributed by atoms with Crippen molar-refractivity contribution in [3.8, 4) is 43.7 Å². The predicted molar refractivity (Wildman–Crippen MR) is 196 cm³/mol. The van der Waals surface area contributed by atoms with E-state index in [9.17, 15) is 9.59 Å². The van der Waals surface area contributed by atoms with Gasteiger partial charge in [0.25, 0.3) is 0 Å². The SMILES string of the molecule is O=C(O)Cc1sc(-c2ccccc2)nc1-c1ccc(Cl)cc1.O=C(O)Cc1sc(-c2ccccc2)nc1-c1ccc(Cl)cc1.[CH3][Sn][CH3]. The van der Waals surface area contributed by atoms with Gasteiger partial charge in [-0.2, -0.15) is 0 Å². The molecule has 6 rings (SSSR count). The number of aromatic nitrogens is 2. The van der Waals surface area contributed by atoms with E-state index in [0.717, 1.165) is 42.0 Å². The molecule has 2 aromatic heterocycles. The summed E-state index contributed by atoms with van der Waals surface area (Å²) in [4.78, 5) is 37.6. The number of carboxylic acids is 2. The van der Waals surface area contributed by atoms with Crippen molar-refractivity contribution in [3.05, 3.63) is 129 Å². The molecule has 6 nitrogen and oxygen atoms in total. The Morgan fingerprint density at radius 1 is 0.574 bits per heavy atom. The first-order chi connectivity index (χ1) is 22.7. The summed E-state index contributed by atoms with van der Waals surface area (Å²) in [6, 6.07) is 34.1. The second-order valence-electron chi connectivity index (χ2n) is 9.97. The Balaban J connectivity index is 0.000000197. The molecule has 4 aromatic carbocycles. The summed E-state index contributed by atoms with van der Waals surface area (Å²) in [5.74, 6) is -1.73. The molecule has 0 amide bonds. The summed E-state index contributed by atoms with van der Waals surface area (Å²) in [6.45, 7) is 0. The van der Waals surface area contributed by atoms with Gasteiger partial charge in [-0.15, -0.1) is 22.7 Å². The fraction of sp³-hybridized carbons (Fsp3) is 0.111. The fourth-order valence-corrected chi connectivity index (χ4v) is 6.70. The van der Waals surface area contributed by atoms with Crippen molar-refractivity contribution < 1.29 is 19.8 Å². The van der Waals surface area contributed by atoms with E-state index in [1.165, 1.54) is 22.7 Å². The van der Waals surface area contributed by atoms with Crippen LogP contribution in [0, 0.1) is 0 Å². The predicted octanol–water partition coefficient (Wildman–Crippen LogP) is 10.3. The average molecular weight is 808 g/mol. The Kier molecular flexibility index (Phi) is 14.0. The standard InChI is InChI=1S/2C17H12ClNO2S.2CH3.Sn/c2*18-13-8-6-11(7-9-13)16-14(10-15(20)21)22-17(19-16)12-4-2-1-3-5-12;;;/h2*1-9H,10H2,(H,20,21);2*1H3;. The first-order valence-corrected chi connectivity index (χ1v) is 22.4. The number of rotatable bonds is 8. The van der Waals surface area contributed by atoms with Crippen molar-refractivity contribution in [1.82, 2.24) is 9.97 Å². The monoisotopic (exact) mass is 808 g/mol. The zero-order valence-corrected chi connectivity index (χ0v) is 31.5. The van der Waals surface area contributed by atoms with E-state index in [4.69, 9.17) is 33.4 Å². The number of halogens is 2. The van der Waals surface area contributed by atoms with Gasteiger partial charge in [-0.05, 0) is 24.3 Å². The van der Waals surface area contributed by atoms with Crippen LogP contribution in [0.25, 0.3) is 43.7 Å². The molecule has 2 heterocycles. The molecule has 0 aliphatic carbocycles. The number of hydrogen-bond donors (Lipinski definition) is 2. The van der Waals surface area contributed by atoms with Crippen molar-refractivity contribution in [2.75, 3.05) is 0 Å². The van der Waals surface area contributed by atoms with Gasteiger partial charge < -0.3 is 10.2 Å². The number of benzene rings is 4. The maximum atomic E-state index is 11.1. The molecule has 0 atom stereocenters. The molecule has 0 bridgehead atoms. The zero-order valence-electron chi connectivity index (χ0n) is 25.5. The molecule has 11 heteroatoms. The summed E-state index contributed by atoms with van der Waals surface area (Å²) in [7, 11) is 0. The van der Waals surface area contributed by atoms with Gasteiger partial charge in [0, 0.05) is 42.1 Å². The van der Waals surface area contributed by atoms with E-state index >= 15 is 0 Å². The molecule has 2 radical (unpaired) electrons. The Morgan fingerprint density at radius 3 is 1.19 bits per heavy atom. The summed E-state index contributed by atoms with van der Waals surface area (Å²) < 4.78 is 0. The van der Waals surface area contributed by atoms with Crippen LogP contribution < -0.4 is 0 Å². The third-order valence-electron chi connectivity index (χ3n) is 6.30. The fourth-order valence-electron chi connectivity index (χ4n) is 4.29. The van der Waals surface area contributed by atoms with Crippen LogP contribution in [0.4, 0.5) is 0 Å². The molecule has 0 unspecified atom stereocenters. The average Bonchev–Trinajstić information content (AvgIpc) is 3.67. The van der Waals surface area contributed by atoms with Crippen molar-refractivity contribution in [3.63, 3.8) is 0 Å². The molecule has 0 saturated heterocycles. The van der Waals surface area contributed by atoms with E-state index in [2.05, 4.69) is 19.8 Å². The van der Waals surface area contributed by atoms with Crippen LogP contribution in [0.1, 0.15) is 9.75 Å². The van der Waals surface area contributed by atoms with Crippen molar-refractivity contribution in [1.29, 1.82) is 0 Å². The molecule has 0 aliphatic heterocycles. The van der Waals surface area contributed by atoms with Gasteiger partial charge in [0.2, 0.25) is 0 Å². The van der Waals surface area contributed by atoms with E-state index in [1.54, 1.807) is 24.3 Å². The summed E-state index contributed by atoms with van der Waals surface area (Å²) >= 11 is 14.9. The first kappa shape index (κ1) is 36.3. The van der Waals surface area contributed by atoms with Gasteiger partial charge in [0.15, 0.2) is 0 Å². The van der Waals surface area contributed by atoms with Gasteiger partial charge in [0.05, 0.1) is 24.2 Å². The van der Waals surface area contributed by atoms with Gasteiger partial charge in [-0.25, -0.2) is 9.97 Å². The van der Waals surface area contributed by atoms with Crippen molar-refractivity contribution in [2.45, 2.75) is 22.7 Å². The van der Waals surface area contributed by atoms with Crippen LogP contribution in [-0.2, 0) is 22.4 Å². The molecule has 2 N–H and O–H groups in total. The normalized spacial score (nSPS) is 10.3. The van der Waals surface area contributed by atoms with E-state index in [-0.39, 0.29) is 34.0 Å². The van der Waals surface area contributed by atoms with Crippen LogP contribution >= 0.6 is 45.9 Å². The number of nitrogens with zero attached hydrogens (tertiary/aromatic N) is 2. The van der Waals surface area contributed by atoms with E-state index in [1.807, 2.05) is 84.9 Å². The Bertz CT molecular complexity index is 1760. The minimum atomic E-state index is -0.863. The molecule has 0 saturated carbocycles. The van der Waals surface area contributed by atoms with Gasteiger partial charge in [0.1, 0.15) is 10.0 Å². The molecule has 0 fully saturated rings. The number of hydrogen-bond acceptors (Lipinski definition) is 6. The molecule has 6 aromatic rings. The van der Waals surface area contributed by atoms with Crippen molar-refractivity contribution in [2.24, 2.45) is 0 Å². The molecule has 47 heavy (non-hydrogen) atoms. The van der Waals surface area contributed by atoms with Gasteiger partial charge in [-0.1, -0.05) is 108 Å². The number of carboxylic acid groups (broad SMARTS) is 2. The number of carbonyl (C=O) groups is 2. The second-order valence-corrected chi connectivity index (χ2v) is 15.9. The van der Waals surface area contributed by atoms with E-state index < -0.39 is 11.9 Å². The zero-order chi connectivity index (χ0) is 33.8. The molecule has 0 aliphatic rings. The third-order valence-corrected chi connectivity index (χ3v) is 9.01. The van der Waals surface area contributed by atoms with Crippen LogP contribution in [-0.4, -0.2) is 53.3 Å². The molecule has 0 spiro atoms. The topological polar surface area (TPSA) is 100 Å². The van der Waals surface area contributed by atoms with Crippen LogP contribution in [0.5, 0.6) is 0 Å². The molecule has 238 valence electrons. The van der Waals surface area contributed by atoms with Crippen molar-refractivity contribution >= 4 is 79.0 Å². The maximum absolute atomic E-state index is 11.1. The molecular weight excluding hydrogens is 778 g/mol. The Hall–Kier alpha value is -3.54. The summed E-state index contributed by atoms with van der Waals surface area (Å²) in [5, 5.41) is 21.2.